The number of aromatic nitrogens is 3. The molecule has 4 nitrogen and oxygen atoms in total. The van der Waals surface area contributed by atoms with Crippen LogP contribution < -0.4 is 4.90 Å². The van der Waals surface area contributed by atoms with Crippen LogP contribution >= 0.6 is 0 Å². The summed E-state index contributed by atoms with van der Waals surface area (Å²) in [5.41, 5.74) is 1.98. The molecule has 0 saturated carbocycles. The minimum absolute atomic E-state index is 0.635. The first-order valence-electron chi connectivity index (χ1n) is 6.18. The molecule has 0 unspecified atom stereocenters. The van der Waals surface area contributed by atoms with Crippen LogP contribution in [0.1, 0.15) is 26.5 Å². The van der Waals surface area contributed by atoms with Crippen molar-refractivity contribution in [1.82, 2.24) is 14.6 Å². The maximum atomic E-state index is 4.64. The summed E-state index contributed by atoms with van der Waals surface area (Å²) >= 11 is 0. The molecule has 2 rings (SSSR count). The summed E-state index contributed by atoms with van der Waals surface area (Å²) in [4.78, 5) is 6.58. The Morgan fingerprint density at radius 2 is 2.12 bits per heavy atom. The highest BCUT2D eigenvalue weighted by Crippen LogP contribution is 2.14. The van der Waals surface area contributed by atoms with Crippen molar-refractivity contribution in [3.8, 4) is 0 Å². The highest BCUT2D eigenvalue weighted by Gasteiger charge is 2.09. The standard InChI is InChI=1S/C13H20N4/c1-5-16(9-10(2)3)13-7-6-12-14-8-11(4)17(12)15-13/h6-8,10H,5,9H2,1-4H3. The number of rotatable bonds is 4. The number of fused-ring (bicyclic) bond motifs is 1. The van der Waals surface area contributed by atoms with E-state index < -0.39 is 0 Å². The maximum Gasteiger partial charge on any atom is 0.153 e. The van der Waals surface area contributed by atoms with Gasteiger partial charge in [-0.1, -0.05) is 13.8 Å². The Labute approximate surface area is 102 Å². The van der Waals surface area contributed by atoms with Crippen molar-refractivity contribution in [1.29, 1.82) is 0 Å². The molecule has 17 heavy (non-hydrogen) atoms. The third kappa shape index (κ3) is 2.40. The quantitative estimate of drug-likeness (QED) is 0.812. The molecule has 0 N–H and O–H groups in total. The van der Waals surface area contributed by atoms with Gasteiger partial charge >= 0.3 is 0 Å². The van der Waals surface area contributed by atoms with E-state index in [4.69, 9.17) is 0 Å². The Morgan fingerprint density at radius 1 is 1.35 bits per heavy atom. The molecule has 0 aliphatic heterocycles. The molecule has 4 heteroatoms. The van der Waals surface area contributed by atoms with Gasteiger partial charge in [-0.3, -0.25) is 0 Å². The van der Waals surface area contributed by atoms with Crippen molar-refractivity contribution in [2.75, 3.05) is 18.0 Å². The van der Waals surface area contributed by atoms with Crippen molar-refractivity contribution in [3.05, 3.63) is 24.0 Å². The average molecular weight is 232 g/mol. The summed E-state index contributed by atoms with van der Waals surface area (Å²) in [5.74, 6) is 1.66. The van der Waals surface area contributed by atoms with Gasteiger partial charge in [0, 0.05) is 13.1 Å². The van der Waals surface area contributed by atoms with E-state index in [0.717, 1.165) is 30.2 Å². The van der Waals surface area contributed by atoms with E-state index in [1.165, 1.54) is 0 Å². The monoisotopic (exact) mass is 232 g/mol. The Balaban J connectivity index is 2.36. The van der Waals surface area contributed by atoms with E-state index in [1.807, 2.05) is 29.8 Å². The van der Waals surface area contributed by atoms with Crippen molar-refractivity contribution < 1.29 is 0 Å². The molecule has 0 spiro atoms. The van der Waals surface area contributed by atoms with Gasteiger partial charge in [0.25, 0.3) is 0 Å². The van der Waals surface area contributed by atoms with Crippen LogP contribution in [0.2, 0.25) is 0 Å². The molecular weight excluding hydrogens is 212 g/mol. The van der Waals surface area contributed by atoms with Crippen LogP contribution in [0.5, 0.6) is 0 Å². The summed E-state index contributed by atoms with van der Waals surface area (Å²) in [6, 6.07) is 4.08. The third-order valence-corrected chi connectivity index (χ3v) is 2.81. The predicted molar refractivity (Wildman–Crippen MR) is 70.4 cm³/mol. The van der Waals surface area contributed by atoms with Crippen molar-refractivity contribution in [3.63, 3.8) is 0 Å². The molecule has 0 aromatic carbocycles. The largest absolute Gasteiger partial charge is 0.355 e. The molecule has 92 valence electrons. The second kappa shape index (κ2) is 4.73. The minimum atomic E-state index is 0.635. The van der Waals surface area contributed by atoms with Crippen molar-refractivity contribution in [2.45, 2.75) is 27.7 Å². The zero-order valence-electron chi connectivity index (χ0n) is 11.0. The summed E-state index contributed by atoms with van der Waals surface area (Å²) in [7, 11) is 0. The molecule has 2 aromatic heterocycles. The van der Waals surface area contributed by atoms with Crippen LogP contribution in [0.4, 0.5) is 5.82 Å². The molecule has 2 aromatic rings. The van der Waals surface area contributed by atoms with Gasteiger partial charge in [0.15, 0.2) is 5.65 Å². The molecule has 0 radical (unpaired) electrons. The summed E-state index contributed by atoms with van der Waals surface area (Å²) < 4.78 is 1.90. The molecule has 2 heterocycles. The smallest absolute Gasteiger partial charge is 0.153 e. The van der Waals surface area contributed by atoms with Crippen molar-refractivity contribution in [2.24, 2.45) is 5.92 Å². The molecule has 0 aliphatic carbocycles. The van der Waals surface area contributed by atoms with E-state index in [0.29, 0.717) is 5.92 Å². The van der Waals surface area contributed by atoms with E-state index in [2.05, 4.69) is 35.8 Å². The summed E-state index contributed by atoms with van der Waals surface area (Å²) in [6.07, 6.45) is 1.85. The topological polar surface area (TPSA) is 33.4 Å². The molecule has 0 bridgehead atoms. The van der Waals surface area contributed by atoms with Crippen LogP contribution in [-0.4, -0.2) is 27.7 Å². The Bertz CT molecular complexity index is 501. The van der Waals surface area contributed by atoms with Gasteiger partial charge < -0.3 is 4.90 Å². The van der Waals surface area contributed by atoms with Crippen LogP contribution in [-0.2, 0) is 0 Å². The van der Waals surface area contributed by atoms with Gasteiger partial charge in [0.2, 0.25) is 0 Å². The average Bonchev–Trinajstić information content (AvgIpc) is 2.67. The van der Waals surface area contributed by atoms with E-state index >= 15 is 0 Å². The number of aryl methyl sites for hydroxylation is 1. The first-order valence-corrected chi connectivity index (χ1v) is 6.18. The van der Waals surface area contributed by atoms with E-state index in [9.17, 15) is 0 Å². The SMILES string of the molecule is CCN(CC(C)C)c1ccc2ncc(C)n2n1. The number of hydrogen-bond acceptors (Lipinski definition) is 3. The van der Waals surface area contributed by atoms with Gasteiger partial charge in [0.05, 0.1) is 11.9 Å². The van der Waals surface area contributed by atoms with Gasteiger partial charge in [-0.15, -0.1) is 5.10 Å². The normalized spacial score (nSPS) is 11.4. The van der Waals surface area contributed by atoms with Gasteiger partial charge in [0.1, 0.15) is 5.82 Å². The molecule has 0 atom stereocenters. The second-order valence-corrected chi connectivity index (χ2v) is 4.79. The van der Waals surface area contributed by atoms with E-state index in [-0.39, 0.29) is 0 Å². The number of hydrogen-bond donors (Lipinski definition) is 0. The van der Waals surface area contributed by atoms with E-state index in [1.54, 1.807) is 0 Å². The summed E-state index contributed by atoms with van der Waals surface area (Å²) in [6.45, 7) is 10.6. The van der Waals surface area contributed by atoms with Crippen LogP contribution in [0.3, 0.4) is 0 Å². The fourth-order valence-corrected chi connectivity index (χ4v) is 1.97. The first kappa shape index (κ1) is 11.9. The van der Waals surface area contributed by atoms with Gasteiger partial charge in [-0.2, -0.15) is 0 Å². The lowest BCUT2D eigenvalue weighted by molar-refractivity contribution is 0.610. The highest BCUT2D eigenvalue weighted by atomic mass is 15.3. The van der Waals surface area contributed by atoms with Gasteiger partial charge in [-0.25, -0.2) is 9.50 Å². The fourth-order valence-electron chi connectivity index (χ4n) is 1.97. The lowest BCUT2D eigenvalue weighted by atomic mass is 10.2. The number of nitrogens with zero attached hydrogens (tertiary/aromatic N) is 4. The number of imidazole rings is 1. The van der Waals surface area contributed by atoms with Crippen LogP contribution in [0.25, 0.3) is 5.65 Å². The molecule has 0 amide bonds. The Kier molecular flexibility index (Phi) is 3.31. The number of anilines is 1. The fraction of sp³-hybridized carbons (Fsp3) is 0.538. The Morgan fingerprint density at radius 3 is 2.76 bits per heavy atom. The maximum absolute atomic E-state index is 4.64. The van der Waals surface area contributed by atoms with Crippen LogP contribution in [0, 0.1) is 12.8 Å². The zero-order chi connectivity index (χ0) is 12.4. The van der Waals surface area contributed by atoms with Crippen molar-refractivity contribution >= 4 is 11.5 Å². The molecule has 0 fully saturated rings. The first-order chi connectivity index (χ1) is 8.11. The lowest BCUT2D eigenvalue weighted by Gasteiger charge is -2.23. The predicted octanol–water partition coefficient (Wildman–Crippen LogP) is 2.52. The molecule has 0 saturated heterocycles. The zero-order valence-corrected chi connectivity index (χ0v) is 11.0. The summed E-state index contributed by atoms with van der Waals surface area (Å²) in [5, 5.41) is 4.64. The lowest BCUT2D eigenvalue weighted by Crippen LogP contribution is -2.28. The highest BCUT2D eigenvalue weighted by molar-refractivity contribution is 5.46. The minimum Gasteiger partial charge on any atom is -0.355 e. The third-order valence-electron chi connectivity index (χ3n) is 2.81. The molecule has 0 aliphatic rings. The second-order valence-electron chi connectivity index (χ2n) is 4.79. The Hall–Kier alpha value is -1.58. The molecular formula is C13H20N4. The van der Waals surface area contributed by atoms with Crippen LogP contribution in [0.15, 0.2) is 18.3 Å². The van der Waals surface area contributed by atoms with Gasteiger partial charge in [-0.05, 0) is 31.9 Å².